The number of nitrogens with one attached hydrogen (secondary N) is 1. The van der Waals surface area contributed by atoms with E-state index in [2.05, 4.69) is 48.1 Å². The lowest BCUT2D eigenvalue weighted by Crippen LogP contribution is -2.49. The lowest BCUT2D eigenvalue weighted by molar-refractivity contribution is -0.122. The number of rotatable bonds is 6. The molecule has 3 aliphatic rings. The molecule has 178 valence electrons. The van der Waals surface area contributed by atoms with Gasteiger partial charge < -0.3 is 20.5 Å². The standard InChI is InChI=1S/C25H34N4O3S/c1-17-14-29(15-18(2)32-17)21-9-7-20(8-10-21)27-23(30)16-31-22-6-4-5-19(13-22)25(3)11-12-33-24(26)28-25/h4-9,13,17-18,21H,10-12,14-16H2,1-3H3,(H2,26,28)(H,27,30). The fourth-order valence-electron chi connectivity index (χ4n) is 4.62. The van der Waals surface area contributed by atoms with Gasteiger partial charge in [-0.2, -0.15) is 0 Å². The Morgan fingerprint density at radius 2 is 2.15 bits per heavy atom. The lowest BCUT2D eigenvalue weighted by atomic mass is 9.90. The summed E-state index contributed by atoms with van der Waals surface area (Å²) in [4.78, 5) is 19.6. The lowest BCUT2D eigenvalue weighted by Gasteiger charge is -2.39. The topological polar surface area (TPSA) is 89.2 Å². The van der Waals surface area contributed by atoms with Gasteiger partial charge in [-0.15, -0.1) is 0 Å². The number of nitrogens with zero attached hydrogens (tertiary/aromatic N) is 2. The molecule has 1 fully saturated rings. The molecule has 0 radical (unpaired) electrons. The maximum atomic E-state index is 12.5. The number of hydrogen-bond donors (Lipinski definition) is 2. The van der Waals surface area contributed by atoms with Gasteiger partial charge in [0, 0.05) is 30.6 Å². The van der Waals surface area contributed by atoms with Crippen molar-refractivity contribution >= 4 is 22.8 Å². The predicted octanol–water partition coefficient (Wildman–Crippen LogP) is 3.17. The van der Waals surface area contributed by atoms with Crippen molar-refractivity contribution in [3.8, 4) is 5.75 Å². The number of allylic oxidation sites excluding steroid dienone is 1. The van der Waals surface area contributed by atoms with Crippen LogP contribution in [-0.4, -0.2) is 59.7 Å². The van der Waals surface area contributed by atoms with E-state index in [1.807, 2.05) is 30.3 Å². The van der Waals surface area contributed by atoms with Crippen LogP contribution in [0.5, 0.6) is 5.75 Å². The summed E-state index contributed by atoms with van der Waals surface area (Å²) in [5.74, 6) is 1.41. The SMILES string of the molecule is CC1CN(C2C=CC(NC(=O)COc3cccc(C4(C)CCSC(N)=N4)c3)=CC2)CC(C)O1. The number of amides is 1. The summed E-state index contributed by atoms with van der Waals surface area (Å²) >= 11 is 1.58. The van der Waals surface area contributed by atoms with E-state index >= 15 is 0 Å². The number of amidine groups is 1. The highest BCUT2D eigenvalue weighted by atomic mass is 32.2. The molecular formula is C25H34N4O3S. The number of thioether (sulfide) groups is 1. The maximum absolute atomic E-state index is 12.5. The normalized spacial score (nSPS) is 30.3. The van der Waals surface area contributed by atoms with Gasteiger partial charge in [0.25, 0.3) is 5.91 Å². The highest BCUT2D eigenvalue weighted by Crippen LogP contribution is 2.36. The van der Waals surface area contributed by atoms with E-state index in [1.165, 1.54) is 0 Å². The second kappa shape index (κ2) is 10.3. The number of aliphatic imine (C=N–C) groups is 1. The Morgan fingerprint density at radius 3 is 2.85 bits per heavy atom. The van der Waals surface area contributed by atoms with E-state index in [4.69, 9.17) is 15.2 Å². The van der Waals surface area contributed by atoms with Crippen LogP contribution in [0.3, 0.4) is 0 Å². The quantitative estimate of drug-likeness (QED) is 0.664. The van der Waals surface area contributed by atoms with E-state index in [-0.39, 0.29) is 30.3 Å². The molecule has 8 heteroatoms. The third-order valence-electron chi connectivity index (χ3n) is 6.30. The molecular weight excluding hydrogens is 436 g/mol. The summed E-state index contributed by atoms with van der Waals surface area (Å²) in [7, 11) is 0. The average molecular weight is 471 g/mol. The number of morpholine rings is 1. The van der Waals surface area contributed by atoms with Crippen molar-refractivity contribution in [3.05, 3.63) is 53.8 Å². The molecule has 7 nitrogen and oxygen atoms in total. The predicted molar refractivity (Wildman–Crippen MR) is 133 cm³/mol. The van der Waals surface area contributed by atoms with Crippen LogP contribution in [0.2, 0.25) is 0 Å². The van der Waals surface area contributed by atoms with Gasteiger partial charge in [0.1, 0.15) is 5.75 Å². The summed E-state index contributed by atoms with van der Waals surface area (Å²) in [6, 6.07) is 8.12. The van der Waals surface area contributed by atoms with Crippen LogP contribution in [0.25, 0.3) is 0 Å². The van der Waals surface area contributed by atoms with E-state index in [9.17, 15) is 4.79 Å². The molecule has 4 rings (SSSR count). The Hall–Kier alpha value is -2.29. The number of hydrogen-bond acceptors (Lipinski definition) is 7. The minimum absolute atomic E-state index is 0.0471. The second-order valence-corrected chi connectivity index (χ2v) is 10.3. The van der Waals surface area contributed by atoms with Gasteiger partial charge in [-0.25, -0.2) is 0 Å². The summed E-state index contributed by atoms with van der Waals surface area (Å²) < 4.78 is 11.6. The van der Waals surface area contributed by atoms with Crippen LogP contribution in [0, 0.1) is 0 Å². The first-order valence-electron chi connectivity index (χ1n) is 11.6. The van der Waals surface area contributed by atoms with Crippen molar-refractivity contribution in [1.29, 1.82) is 0 Å². The first-order valence-corrected chi connectivity index (χ1v) is 12.6. The van der Waals surface area contributed by atoms with Crippen LogP contribution in [0.1, 0.15) is 39.2 Å². The first-order chi connectivity index (χ1) is 15.8. The molecule has 1 aromatic rings. The van der Waals surface area contributed by atoms with Crippen molar-refractivity contribution in [3.63, 3.8) is 0 Å². The van der Waals surface area contributed by atoms with Crippen molar-refractivity contribution in [2.45, 2.75) is 57.4 Å². The second-order valence-electron chi connectivity index (χ2n) is 9.22. The molecule has 0 spiro atoms. The van der Waals surface area contributed by atoms with Gasteiger partial charge in [0.2, 0.25) is 0 Å². The number of carbonyl (C=O) groups is 1. The molecule has 0 bridgehead atoms. The zero-order valence-corrected chi connectivity index (χ0v) is 20.4. The molecule has 1 amide bonds. The molecule has 33 heavy (non-hydrogen) atoms. The molecule has 1 aliphatic carbocycles. The third kappa shape index (κ3) is 6.19. The van der Waals surface area contributed by atoms with Gasteiger partial charge in [-0.05, 0) is 57.4 Å². The number of ether oxygens (including phenoxy) is 2. The molecule has 3 N–H and O–H groups in total. The third-order valence-corrected chi connectivity index (χ3v) is 7.09. The van der Waals surface area contributed by atoms with E-state index in [1.54, 1.807) is 11.8 Å². The first kappa shape index (κ1) is 23.9. The minimum atomic E-state index is -0.360. The Kier molecular flexibility index (Phi) is 7.46. The molecule has 0 aromatic heterocycles. The van der Waals surface area contributed by atoms with Gasteiger partial charge in [-0.1, -0.05) is 36.0 Å². The van der Waals surface area contributed by atoms with E-state index in [0.29, 0.717) is 17.0 Å². The molecule has 4 unspecified atom stereocenters. The van der Waals surface area contributed by atoms with E-state index < -0.39 is 0 Å². The van der Waals surface area contributed by atoms with Crippen LogP contribution < -0.4 is 15.8 Å². The summed E-state index contributed by atoms with van der Waals surface area (Å²) in [5.41, 5.74) is 7.45. The number of nitrogens with two attached hydrogens (primary N) is 1. The molecule has 1 aromatic carbocycles. The summed E-state index contributed by atoms with van der Waals surface area (Å²) in [6.07, 6.45) is 8.50. The maximum Gasteiger partial charge on any atom is 0.262 e. The summed E-state index contributed by atoms with van der Waals surface area (Å²) in [6.45, 7) is 8.12. The van der Waals surface area contributed by atoms with Crippen molar-refractivity contribution in [2.75, 3.05) is 25.4 Å². The Balaban J connectivity index is 1.28. The van der Waals surface area contributed by atoms with Crippen LogP contribution in [-0.2, 0) is 15.1 Å². The fourth-order valence-corrected chi connectivity index (χ4v) is 5.60. The molecule has 0 saturated carbocycles. The van der Waals surface area contributed by atoms with Gasteiger partial charge in [-0.3, -0.25) is 14.7 Å². The van der Waals surface area contributed by atoms with E-state index in [0.717, 1.165) is 42.9 Å². The van der Waals surface area contributed by atoms with Crippen LogP contribution >= 0.6 is 11.8 Å². The number of carbonyl (C=O) groups excluding carboxylic acids is 1. The van der Waals surface area contributed by atoms with Crippen LogP contribution in [0.15, 0.2) is 53.2 Å². The van der Waals surface area contributed by atoms with Gasteiger partial charge in [0.15, 0.2) is 11.8 Å². The smallest absolute Gasteiger partial charge is 0.262 e. The molecule has 2 heterocycles. The number of benzene rings is 1. The molecule has 1 saturated heterocycles. The Morgan fingerprint density at radius 1 is 1.36 bits per heavy atom. The van der Waals surface area contributed by atoms with Crippen molar-refractivity contribution in [2.24, 2.45) is 10.7 Å². The highest BCUT2D eigenvalue weighted by Gasteiger charge is 2.30. The van der Waals surface area contributed by atoms with Gasteiger partial charge in [0.05, 0.1) is 17.7 Å². The zero-order valence-electron chi connectivity index (χ0n) is 19.6. The highest BCUT2D eigenvalue weighted by molar-refractivity contribution is 8.13. The largest absolute Gasteiger partial charge is 0.484 e. The molecule has 4 atom stereocenters. The monoisotopic (exact) mass is 470 g/mol. The summed E-state index contributed by atoms with van der Waals surface area (Å²) in [5, 5.41) is 3.56. The zero-order chi connectivity index (χ0) is 23.4. The van der Waals surface area contributed by atoms with Crippen LogP contribution in [0.4, 0.5) is 0 Å². The minimum Gasteiger partial charge on any atom is -0.484 e. The fraction of sp³-hybridized carbons (Fsp3) is 0.520. The Bertz CT molecular complexity index is 953. The van der Waals surface area contributed by atoms with Gasteiger partial charge >= 0.3 is 0 Å². The van der Waals surface area contributed by atoms with Crippen molar-refractivity contribution < 1.29 is 14.3 Å². The van der Waals surface area contributed by atoms with Crippen molar-refractivity contribution in [1.82, 2.24) is 10.2 Å². The average Bonchev–Trinajstić information content (AvgIpc) is 2.78. The Labute approximate surface area is 200 Å². The molecule has 2 aliphatic heterocycles.